The molecule has 1 aliphatic carbocycles. The summed E-state index contributed by atoms with van der Waals surface area (Å²) in [6.07, 6.45) is 1.90. The number of hydrogen-bond acceptors (Lipinski definition) is 3. The van der Waals surface area contributed by atoms with Gasteiger partial charge in [-0.2, -0.15) is 0 Å². The van der Waals surface area contributed by atoms with Crippen molar-refractivity contribution >= 4 is 45.9 Å². The number of ketones is 1. The van der Waals surface area contributed by atoms with E-state index in [0.29, 0.717) is 17.0 Å². The van der Waals surface area contributed by atoms with E-state index in [1.165, 1.54) is 0 Å². The van der Waals surface area contributed by atoms with Gasteiger partial charge in [0.2, 0.25) is 5.78 Å². The number of Topliss-reactive ketones (excluding diaryl/α,β-unsaturated/α-hetero) is 1. The zero-order chi connectivity index (χ0) is 14.4. The highest BCUT2D eigenvalue weighted by Crippen LogP contribution is 2.29. The number of benzene rings is 2. The summed E-state index contributed by atoms with van der Waals surface area (Å²) < 4.78 is 1.07. The molecule has 0 aromatic heterocycles. The maximum atomic E-state index is 12.7. The minimum atomic E-state index is -0.0572. The quantitative estimate of drug-likeness (QED) is 0.695. The maximum Gasteiger partial charge on any atom is 0.216 e. The molecule has 21 heavy (non-hydrogen) atoms. The molecule has 0 spiro atoms. The number of carbonyl (C=O) groups is 1. The lowest BCUT2D eigenvalue weighted by Gasteiger charge is -2.11. The van der Waals surface area contributed by atoms with Gasteiger partial charge in [0.25, 0.3) is 0 Å². The summed E-state index contributed by atoms with van der Waals surface area (Å²) >= 11 is 2.22. The van der Waals surface area contributed by atoms with E-state index in [9.17, 15) is 4.79 Å². The van der Waals surface area contributed by atoms with E-state index in [-0.39, 0.29) is 5.78 Å². The van der Waals surface area contributed by atoms with Crippen molar-refractivity contribution in [2.24, 2.45) is 10.2 Å². The Morgan fingerprint density at radius 3 is 2.57 bits per heavy atom. The molecule has 0 saturated heterocycles. The van der Waals surface area contributed by atoms with Crippen LogP contribution in [0.2, 0.25) is 0 Å². The van der Waals surface area contributed by atoms with E-state index in [0.717, 1.165) is 20.3 Å². The molecule has 4 heteroatoms. The standard InChI is InChI=1S/C17H9IN2O/c18-12-6-3-5-11(8-12)15-17(21)14-9-10-4-1-2-7-13(10)16(14)20-19-15/h1-9H. The number of carbonyl (C=O) groups excluding carboxylic acids is 1. The summed E-state index contributed by atoms with van der Waals surface area (Å²) in [7, 11) is 0. The first-order chi connectivity index (χ1) is 10.2. The highest BCUT2D eigenvalue weighted by atomic mass is 127. The van der Waals surface area contributed by atoms with Crippen molar-refractivity contribution in [3.8, 4) is 0 Å². The Labute approximate surface area is 135 Å². The molecule has 2 aliphatic rings. The predicted octanol–water partition coefficient (Wildman–Crippen LogP) is 3.46. The molecule has 4 rings (SSSR count). The molecule has 0 N–H and O–H groups in total. The van der Waals surface area contributed by atoms with E-state index < -0.39 is 0 Å². The molecule has 1 aliphatic heterocycles. The zero-order valence-electron chi connectivity index (χ0n) is 10.9. The smallest absolute Gasteiger partial charge is 0.216 e. The van der Waals surface area contributed by atoms with E-state index in [1.807, 2.05) is 54.6 Å². The van der Waals surface area contributed by atoms with E-state index in [4.69, 9.17) is 0 Å². The molecule has 2 aromatic rings. The fourth-order valence-corrected chi connectivity index (χ4v) is 3.13. The van der Waals surface area contributed by atoms with Gasteiger partial charge in [0.05, 0.1) is 5.57 Å². The lowest BCUT2D eigenvalue weighted by Crippen LogP contribution is -2.24. The average Bonchev–Trinajstić information content (AvgIpc) is 2.87. The largest absolute Gasteiger partial charge is 0.287 e. The van der Waals surface area contributed by atoms with Crippen LogP contribution in [0.15, 0.2) is 64.3 Å². The number of nitrogens with zero attached hydrogens (tertiary/aromatic N) is 2. The Bertz CT molecular complexity index is 878. The van der Waals surface area contributed by atoms with Gasteiger partial charge in [0.15, 0.2) is 0 Å². The lowest BCUT2D eigenvalue weighted by atomic mass is 9.97. The predicted molar refractivity (Wildman–Crippen MR) is 91.7 cm³/mol. The summed E-state index contributed by atoms with van der Waals surface area (Å²) in [5.74, 6) is -0.0572. The molecule has 0 unspecified atom stereocenters. The highest BCUT2D eigenvalue weighted by molar-refractivity contribution is 14.1. The Balaban J connectivity index is 1.85. The number of allylic oxidation sites excluding steroid dienone is 1. The van der Waals surface area contributed by atoms with Gasteiger partial charge in [-0.25, -0.2) is 0 Å². The van der Waals surface area contributed by atoms with Crippen molar-refractivity contribution < 1.29 is 4.79 Å². The number of hydrogen-bond donors (Lipinski definition) is 0. The second kappa shape index (κ2) is 4.73. The van der Waals surface area contributed by atoms with E-state index in [1.54, 1.807) is 0 Å². The fraction of sp³-hybridized carbons (Fsp3) is 0. The lowest BCUT2D eigenvalue weighted by molar-refractivity contribution is -0.109. The minimum absolute atomic E-state index is 0.0572. The maximum absolute atomic E-state index is 12.7. The molecule has 0 amide bonds. The van der Waals surface area contributed by atoms with Crippen molar-refractivity contribution in [2.45, 2.75) is 0 Å². The van der Waals surface area contributed by atoms with Crippen molar-refractivity contribution in [1.82, 2.24) is 0 Å². The van der Waals surface area contributed by atoms with Gasteiger partial charge in [-0.3, -0.25) is 4.79 Å². The molecular weight excluding hydrogens is 375 g/mol. The molecule has 0 atom stereocenters. The molecule has 2 aromatic carbocycles. The number of fused-ring (bicyclic) bond motifs is 3. The summed E-state index contributed by atoms with van der Waals surface area (Å²) in [5.41, 5.74) is 4.55. The minimum Gasteiger partial charge on any atom is -0.287 e. The third kappa shape index (κ3) is 1.98. The van der Waals surface area contributed by atoms with Crippen LogP contribution in [0.4, 0.5) is 0 Å². The Morgan fingerprint density at radius 1 is 0.905 bits per heavy atom. The molecule has 1 heterocycles. The van der Waals surface area contributed by atoms with Gasteiger partial charge in [-0.05, 0) is 46.4 Å². The third-order valence-electron chi connectivity index (χ3n) is 3.58. The Hall–Kier alpha value is -2.08. The number of halogens is 1. The SMILES string of the molecule is O=C1C2=Cc3ccccc3C2=NN=C1c1cccc(I)c1. The number of rotatable bonds is 1. The normalized spacial score (nSPS) is 15.9. The van der Waals surface area contributed by atoms with E-state index >= 15 is 0 Å². The van der Waals surface area contributed by atoms with Crippen LogP contribution < -0.4 is 0 Å². The summed E-state index contributed by atoms with van der Waals surface area (Å²) in [6.45, 7) is 0. The Morgan fingerprint density at radius 2 is 1.71 bits per heavy atom. The van der Waals surface area contributed by atoms with Gasteiger partial charge < -0.3 is 0 Å². The molecule has 0 bridgehead atoms. The van der Waals surface area contributed by atoms with Gasteiger partial charge >= 0.3 is 0 Å². The summed E-state index contributed by atoms with van der Waals surface area (Å²) in [4.78, 5) is 12.7. The molecule has 3 nitrogen and oxygen atoms in total. The van der Waals surface area contributed by atoms with Gasteiger partial charge in [0.1, 0.15) is 11.4 Å². The van der Waals surface area contributed by atoms with Crippen molar-refractivity contribution in [1.29, 1.82) is 0 Å². The molecule has 100 valence electrons. The van der Waals surface area contributed by atoms with Crippen LogP contribution in [0.1, 0.15) is 16.7 Å². The monoisotopic (exact) mass is 384 g/mol. The molecule has 0 radical (unpaired) electrons. The van der Waals surface area contributed by atoms with E-state index in [2.05, 4.69) is 32.8 Å². The van der Waals surface area contributed by atoms with Crippen LogP contribution in [-0.4, -0.2) is 17.2 Å². The third-order valence-corrected chi connectivity index (χ3v) is 4.25. The van der Waals surface area contributed by atoms with Gasteiger partial charge in [-0.15, -0.1) is 10.2 Å². The van der Waals surface area contributed by atoms with Crippen molar-refractivity contribution in [2.75, 3.05) is 0 Å². The topological polar surface area (TPSA) is 41.8 Å². The summed E-state index contributed by atoms with van der Waals surface area (Å²) in [5, 5.41) is 8.46. The van der Waals surface area contributed by atoms with Crippen molar-refractivity contribution in [3.05, 3.63) is 74.4 Å². The fourth-order valence-electron chi connectivity index (χ4n) is 2.59. The van der Waals surface area contributed by atoms with Crippen LogP contribution in [0.3, 0.4) is 0 Å². The first kappa shape index (κ1) is 12.6. The highest BCUT2D eigenvalue weighted by Gasteiger charge is 2.32. The van der Waals surface area contributed by atoms with Crippen LogP contribution in [0, 0.1) is 3.57 Å². The zero-order valence-corrected chi connectivity index (χ0v) is 13.0. The molecule has 0 fully saturated rings. The van der Waals surface area contributed by atoms with Crippen molar-refractivity contribution in [3.63, 3.8) is 0 Å². The van der Waals surface area contributed by atoms with Gasteiger partial charge in [0, 0.05) is 14.7 Å². The Kier molecular flexibility index (Phi) is 2.85. The second-order valence-electron chi connectivity index (χ2n) is 4.88. The molecular formula is C17H9IN2O. The van der Waals surface area contributed by atoms with Gasteiger partial charge in [-0.1, -0.05) is 36.4 Å². The van der Waals surface area contributed by atoms with Crippen LogP contribution in [0.25, 0.3) is 6.08 Å². The van der Waals surface area contributed by atoms with Crippen LogP contribution in [0.5, 0.6) is 0 Å². The average molecular weight is 384 g/mol. The first-order valence-electron chi connectivity index (χ1n) is 6.52. The molecule has 0 saturated carbocycles. The second-order valence-corrected chi connectivity index (χ2v) is 6.13. The van der Waals surface area contributed by atoms with Crippen LogP contribution >= 0.6 is 22.6 Å². The summed E-state index contributed by atoms with van der Waals surface area (Å²) in [6, 6.07) is 15.6. The van der Waals surface area contributed by atoms with Crippen LogP contribution in [-0.2, 0) is 4.79 Å². The first-order valence-corrected chi connectivity index (χ1v) is 7.60.